The van der Waals surface area contributed by atoms with Crippen LogP contribution in [0.25, 0.3) is 0 Å². The van der Waals surface area contributed by atoms with Crippen LogP contribution in [0.5, 0.6) is 0 Å². The van der Waals surface area contributed by atoms with E-state index >= 15 is 0 Å². The molecule has 0 bridgehead atoms. The van der Waals surface area contributed by atoms with Crippen molar-refractivity contribution in [2.75, 3.05) is 19.8 Å². The van der Waals surface area contributed by atoms with Gasteiger partial charge in [-0.15, -0.1) is 0 Å². The van der Waals surface area contributed by atoms with Crippen LogP contribution in [0.3, 0.4) is 0 Å². The van der Waals surface area contributed by atoms with E-state index in [9.17, 15) is 25.2 Å². The third-order valence-corrected chi connectivity index (χ3v) is 6.25. The summed E-state index contributed by atoms with van der Waals surface area (Å²) in [6.07, 6.45) is 3.03. The normalized spacial score (nSPS) is 25.1. The molecule has 6 atom stereocenters. The van der Waals surface area contributed by atoms with E-state index in [0.29, 0.717) is 13.0 Å². The fourth-order valence-electron chi connectivity index (χ4n) is 3.96. The van der Waals surface area contributed by atoms with Gasteiger partial charge in [-0.2, -0.15) is 0 Å². The minimum absolute atomic E-state index is 0.143. The summed E-state index contributed by atoms with van der Waals surface area (Å²) in [5.74, 6) is 0.143. The van der Waals surface area contributed by atoms with Crippen LogP contribution in [0, 0.1) is 0 Å². The van der Waals surface area contributed by atoms with Gasteiger partial charge in [0.15, 0.2) is 12.1 Å². The van der Waals surface area contributed by atoms with Gasteiger partial charge in [0.25, 0.3) is 0 Å². The fourth-order valence-corrected chi connectivity index (χ4v) is 3.96. The summed E-state index contributed by atoms with van der Waals surface area (Å²) in [6, 6.07) is -0.170. The number of unbranched alkanes of at least 4 members (excludes halogenated alkanes) is 4. The second-order valence-corrected chi connectivity index (χ2v) is 9.42. The zero-order valence-electron chi connectivity index (χ0n) is 21.6. The molecule has 0 amide bonds. The molecule has 5 unspecified atom stereocenters. The number of aliphatic hydroxyl groups is 4. The van der Waals surface area contributed by atoms with Gasteiger partial charge in [-0.3, -0.25) is 4.79 Å². The molecule has 1 heterocycles. The average Bonchev–Trinajstić information content (AvgIpc) is 2.82. The van der Waals surface area contributed by atoms with Crippen molar-refractivity contribution >= 4 is 5.78 Å². The summed E-state index contributed by atoms with van der Waals surface area (Å²) in [7, 11) is 0. The lowest BCUT2D eigenvalue weighted by atomic mass is 9.99. The summed E-state index contributed by atoms with van der Waals surface area (Å²) in [5.41, 5.74) is 1.88. The number of nitrogens with one attached hydrogen (secondary N) is 2. The molecule has 1 fully saturated rings. The van der Waals surface area contributed by atoms with Gasteiger partial charge in [-0.25, -0.2) is 0 Å². The number of Topliss-reactive ketones (excluding diaryl/α,β-unsaturated/α-hetero) is 1. The van der Waals surface area contributed by atoms with Crippen LogP contribution in [0.4, 0.5) is 0 Å². The van der Waals surface area contributed by atoms with E-state index in [1.165, 1.54) is 6.42 Å². The maximum Gasteiger partial charge on any atom is 0.186 e. The molecule has 0 aliphatic carbocycles. The molecule has 1 aliphatic heterocycles. The highest BCUT2D eigenvalue weighted by Crippen LogP contribution is 2.22. The lowest BCUT2D eigenvalue weighted by Gasteiger charge is -2.39. The smallest absolute Gasteiger partial charge is 0.186 e. The number of carbonyl (C=O) groups excluding carboxylic acids is 1. The lowest BCUT2D eigenvalue weighted by molar-refractivity contribution is -0.301. The predicted octanol–water partition coefficient (Wildman–Crippen LogP) is 1.89. The highest BCUT2D eigenvalue weighted by Gasteiger charge is 2.43. The number of aliphatic hydroxyl groups excluding tert-OH is 4. The van der Waals surface area contributed by atoms with Crippen LogP contribution in [0.2, 0.25) is 0 Å². The molecule has 0 spiro atoms. The number of hydrogen-bond acceptors (Lipinski definition) is 9. The Balaban J connectivity index is 2.13. The summed E-state index contributed by atoms with van der Waals surface area (Å²) < 4.78 is 10.8. The number of allylic oxidation sites excluding steroid dienone is 2. The first-order valence-electron chi connectivity index (χ1n) is 13.0. The van der Waals surface area contributed by atoms with E-state index in [-0.39, 0.29) is 11.8 Å². The summed E-state index contributed by atoms with van der Waals surface area (Å²) in [4.78, 5) is 11.9. The number of carbonyl (C=O) groups is 1. The molecule has 204 valence electrons. The molecule has 0 radical (unpaired) electrons. The number of ketones is 1. The largest absolute Gasteiger partial charge is 0.394 e. The predicted molar refractivity (Wildman–Crippen MR) is 135 cm³/mol. The Kier molecular flexibility index (Phi) is 16.1. The zero-order chi connectivity index (χ0) is 26.2. The van der Waals surface area contributed by atoms with E-state index in [4.69, 9.17) is 9.47 Å². The van der Waals surface area contributed by atoms with Gasteiger partial charge in [0.05, 0.1) is 12.6 Å². The van der Waals surface area contributed by atoms with E-state index in [2.05, 4.69) is 30.7 Å². The van der Waals surface area contributed by atoms with E-state index < -0.39 is 37.3 Å². The zero-order valence-corrected chi connectivity index (χ0v) is 21.6. The Labute approximate surface area is 210 Å². The summed E-state index contributed by atoms with van der Waals surface area (Å²) in [6.45, 7) is 12.5. The molecule has 35 heavy (non-hydrogen) atoms. The first-order chi connectivity index (χ1) is 16.7. The van der Waals surface area contributed by atoms with Crippen molar-refractivity contribution in [2.24, 2.45) is 0 Å². The number of ether oxygens (including phenoxy) is 2. The topological polar surface area (TPSA) is 141 Å². The van der Waals surface area contributed by atoms with E-state index in [1.54, 1.807) is 6.92 Å². The van der Waals surface area contributed by atoms with Crippen LogP contribution in [0.1, 0.15) is 78.1 Å². The molecule has 9 nitrogen and oxygen atoms in total. The molecular formula is C26H48N2O7. The van der Waals surface area contributed by atoms with Gasteiger partial charge in [0.2, 0.25) is 0 Å². The maximum absolute atomic E-state index is 11.9. The molecule has 6 N–H and O–H groups in total. The Morgan fingerprint density at radius 3 is 2.31 bits per heavy atom. The van der Waals surface area contributed by atoms with Crippen molar-refractivity contribution in [1.29, 1.82) is 0 Å². The van der Waals surface area contributed by atoms with Crippen molar-refractivity contribution < 1.29 is 34.7 Å². The monoisotopic (exact) mass is 500 g/mol. The van der Waals surface area contributed by atoms with Gasteiger partial charge in [-0.05, 0) is 58.3 Å². The minimum atomic E-state index is -1.43. The van der Waals surface area contributed by atoms with Gasteiger partial charge in [0.1, 0.15) is 24.4 Å². The third-order valence-electron chi connectivity index (χ3n) is 6.25. The lowest BCUT2D eigenvalue weighted by Crippen LogP contribution is -2.59. The summed E-state index contributed by atoms with van der Waals surface area (Å²) >= 11 is 0. The second kappa shape index (κ2) is 17.9. The average molecular weight is 501 g/mol. The minimum Gasteiger partial charge on any atom is -0.394 e. The summed E-state index contributed by atoms with van der Waals surface area (Å²) in [5, 5.41) is 45.4. The van der Waals surface area contributed by atoms with Crippen LogP contribution < -0.4 is 10.6 Å². The third kappa shape index (κ3) is 12.3. The first kappa shape index (κ1) is 31.5. The Morgan fingerprint density at radius 1 is 0.971 bits per heavy atom. The molecule has 1 aliphatic rings. The van der Waals surface area contributed by atoms with Gasteiger partial charge in [0, 0.05) is 24.5 Å². The Hall–Kier alpha value is -1.49. The SMILES string of the molecule is C=C(CCCCOC1OC(CO)C(O)C(O)C1O)NCCCC[C@@H](NC(=C)CCCCC)C(C)=O. The Bertz CT molecular complexity index is 629. The van der Waals surface area contributed by atoms with Crippen molar-refractivity contribution in [3.05, 3.63) is 24.6 Å². The Morgan fingerprint density at radius 2 is 1.66 bits per heavy atom. The fraction of sp³-hybridized carbons (Fsp3) is 0.808. The quantitative estimate of drug-likeness (QED) is 0.138. The van der Waals surface area contributed by atoms with Crippen molar-refractivity contribution in [1.82, 2.24) is 10.6 Å². The molecule has 1 saturated heterocycles. The molecule has 0 saturated carbocycles. The molecule has 0 aromatic rings. The number of rotatable bonds is 20. The van der Waals surface area contributed by atoms with Gasteiger partial charge < -0.3 is 40.5 Å². The first-order valence-corrected chi connectivity index (χ1v) is 13.0. The van der Waals surface area contributed by atoms with Crippen molar-refractivity contribution in [2.45, 2.75) is 115 Å². The van der Waals surface area contributed by atoms with Gasteiger partial charge in [-0.1, -0.05) is 32.9 Å². The highest BCUT2D eigenvalue weighted by atomic mass is 16.7. The maximum atomic E-state index is 11.9. The number of hydrogen-bond donors (Lipinski definition) is 6. The molecule has 0 aromatic heterocycles. The molecule has 0 aromatic carbocycles. The second-order valence-electron chi connectivity index (χ2n) is 9.42. The van der Waals surface area contributed by atoms with Crippen molar-refractivity contribution in [3.8, 4) is 0 Å². The van der Waals surface area contributed by atoms with Crippen molar-refractivity contribution in [3.63, 3.8) is 0 Å². The van der Waals surface area contributed by atoms with E-state index in [1.807, 2.05) is 0 Å². The van der Waals surface area contributed by atoms with E-state index in [0.717, 1.165) is 69.3 Å². The molecule has 9 heteroatoms. The van der Waals surface area contributed by atoms with Crippen LogP contribution in [-0.4, -0.2) is 82.7 Å². The standard InChI is InChI=1S/C26H48N2O7/c1-5-6-7-13-19(3)28-21(20(4)30)14-8-10-15-27-18(2)12-9-11-16-34-26-25(33)24(32)23(31)22(17-29)35-26/h21-29,31-33H,2-3,5-17H2,1,4H3/t21-,22?,23?,24?,25?,26?/m1/s1. The van der Waals surface area contributed by atoms with Gasteiger partial charge >= 0.3 is 0 Å². The van der Waals surface area contributed by atoms with Crippen LogP contribution in [-0.2, 0) is 14.3 Å². The highest BCUT2D eigenvalue weighted by molar-refractivity contribution is 5.81. The van der Waals surface area contributed by atoms with Crippen LogP contribution >= 0.6 is 0 Å². The van der Waals surface area contributed by atoms with Crippen LogP contribution in [0.15, 0.2) is 24.6 Å². The molecular weight excluding hydrogens is 452 g/mol. The molecule has 1 rings (SSSR count).